The standard InChI is InChI=1S/C16H17N3O5/c1-22-14-8-11(9-15(23-2)16(14)24-3)10-17-18-12-6-4-5-7-13(12)19(20)21/h4-10,18H,1-3H3/b17-10+. The van der Waals surface area contributed by atoms with Crippen molar-refractivity contribution in [3.8, 4) is 17.2 Å². The zero-order valence-corrected chi connectivity index (χ0v) is 13.5. The van der Waals surface area contributed by atoms with Gasteiger partial charge in [-0.15, -0.1) is 0 Å². The first kappa shape index (κ1) is 17.1. The molecule has 8 nitrogen and oxygen atoms in total. The van der Waals surface area contributed by atoms with Gasteiger partial charge in [0.2, 0.25) is 5.75 Å². The van der Waals surface area contributed by atoms with E-state index in [9.17, 15) is 10.1 Å². The Labute approximate surface area is 138 Å². The Kier molecular flexibility index (Phi) is 5.56. The number of hydrogen-bond acceptors (Lipinski definition) is 7. The van der Waals surface area contributed by atoms with Crippen molar-refractivity contribution in [1.29, 1.82) is 0 Å². The van der Waals surface area contributed by atoms with Gasteiger partial charge in [-0.3, -0.25) is 15.5 Å². The first-order valence-electron chi connectivity index (χ1n) is 6.93. The minimum Gasteiger partial charge on any atom is -0.493 e. The molecule has 24 heavy (non-hydrogen) atoms. The highest BCUT2D eigenvalue weighted by Gasteiger charge is 2.13. The van der Waals surface area contributed by atoms with Crippen LogP contribution in [0.25, 0.3) is 0 Å². The van der Waals surface area contributed by atoms with Gasteiger partial charge in [0.15, 0.2) is 11.5 Å². The predicted octanol–water partition coefficient (Wildman–Crippen LogP) is 3.07. The monoisotopic (exact) mass is 331 g/mol. The third-order valence-electron chi connectivity index (χ3n) is 3.19. The van der Waals surface area contributed by atoms with E-state index >= 15 is 0 Å². The summed E-state index contributed by atoms with van der Waals surface area (Å²) in [6.07, 6.45) is 1.50. The molecule has 8 heteroatoms. The molecule has 0 aliphatic rings. The van der Waals surface area contributed by atoms with E-state index in [-0.39, 0.29) is 5.69 Å². The Morgan fingerprint density at radius 2 is 1.71 bits per heavy atom. The van der Waals surface area contributed by atoms with Gasteiger partial charge in [-0.1, -0.05) is 12.1 Å². The number of methoxy groups -OCH3 is 3. The average molecular weight is 331 g/mol. The third-order valence-corrected chi connectivity index (χ3v) is 3.19. The van der Waals surface area contributed by atoms with Crippen molar-refractivity contribution in [2.24, 2.45) is 5.10 Å². The fraction of sp³-hybridized carbons (Fsp3) is 0.188. The first-order chi connectivity index (χ1) is 11.6. The fourth-order valence-corrected chi connectivity index (χ4v) is 2.08. The van der Waals surface area contributed by atoms with Crippen molar-refractivity contribution < 1.29 is 19.1 Å². The highest BCUT2D eigenvalue weighted by molar-refractivity contribution is 5.83. The first-order valence-corrected chi connectivity index (χ1v) is 6.93. The van der Waals surface area contributed by atoms with Crippen LogP contribution in [0.1, 0.15) is 5.56 Å². The van der Waals surface area contributed by atoms with Gasteiger partial charge in [0.25, 0.3) is 5.69 Å². The Balaban J connectivity index is 2.25. The molecule has 0 aliphatic carbocycles. The lowest BCUT2D eigenvalue weighted by atomic mass is 10.2. The molecule has 0 aromatic heterocycles. The number of rotatable bonds is 7. The number of nitrogens with one attached hydrogen (secondary N) is 1. The zero-order chi connectivity index (χ0) is 17.5. The van der Waals surface area contributed by atoms with E-state index in [1.807, 2.05) is 0 Å². The molecule has 1 N–H and O–H groups in total. The molecule has 0 fully saturated rings. The highest BCUT2D eigenvalue weighted by Crippen LogP contribution is 2.37. The summed E-state index contributed by atoms with van der Waals surface area (Å²) in [6, 6.07) is 9.68. The summed E-state index contributed by atoms with van der Waals surface area (Å²) < 4.78 is 15.8. The van der Waals surface area contributed by atoms with Crippen LogP contribution in [0.3, 0.4) is 0 Å². The molecule has 0 radical (unpaired) electrons. The smallest absolute Gasteiger partial charge is 0.294 e. The summed E-state index contributed by atoms with van der Waals surface area (Å²) in [5.74, 6) is 1.46. The summed E-state index contributed by atoms with van der Waals surface area (Å²) in [5, 5.41) is 15.0. The topological polar surface area (TPSA) is 95.2 Å². The molecule has 126 valence electrons. The minimum atomic E-state index is -0.475. The van der Waals surface area contributed by atoms with Crippen molar-refractivity contribution in [1.82, 2.24) is 0 Å². The minimum absolute atomic E-state index is 0.0560. The van der Waals surface area contributed by atoms with Gasteiger partial charge in [-0.2, -0.15) is 5.10 Å². The van der Waals surface area contributed by atoms with Gasteiger partial charge >= 0.3 is 0 Å². The van der Waals surface area contributed by atoms with Gasteiger partial charge in [0, 0.05) is 11.6 Å². The van der Waals surface area contributed by atoms with E-state index < -0.39 is 4.92 Å². The SMILES string of the molecule is COc1cc(/C=N/Nc2ccccc2[N+](=O)[O-])cc(OC)c1OC. The van der Waals surface area contributed by atoms with Crippen molar-refractivity contribution in [3.63, 3.8) is 0 Å². The molecule has 0 atom stereocenters. The Morgan fingerprint density at radius 3 is 2.25 bits per heavy atom. The van der Waals surface area contributed by atoms with Crippen molar-refractivity contribution in [2.45, 2.75) is 0 Å². The second-order valence-electron chi connectivity index (χ2n) is 4.60. The quantitative estimate of drug-likeness (QED) is 0.476. The normalized spacial score (nSPS) is 10.5. The summed E-state index contributed by atoms with van der Waals surface area (Å²) in [7, 11) is 4.55. The summed E-state index contributed by atoms with van der Waals surface area (Å²) in [4.78, 5) is 10.5. The van der Waals surface area contributed by atoms with Crippen molar-refractivity contribution >= 4 is 17.6 Å². The van der Waals surface area contributed by atoms with Crippen LogP contribution >= 0.6 is 0 Å². The molecule has 0 saturated heterocycles. The maximum absolute atomic E-state index is 11.0. The molecule has 2 aromatic carbocycles. The van der Waals surface area contributed by atoms with Gasteiger partial charge < -0.3 is 14.2 Å². The molecular formula is C16H17N3O5. The number of para-hydroxylation sites is 2. The van der Waals surface area contributed by atoms with E-state index in [0.717, 1.165) is 0 Å². The Hall–Kier alpha value is -3.29. The van der Waals surface area contributed by atoms with E-state index in [0.29, 0.717) is 28.5 Å². The van der Waals surface area contributed by atoms with Crippen LogP contribution in [0.5, 0.6) is 17.2 Å². The summed E-state index contributed by atoms with van der Waals surface area (Å²) >= 11 is 0. The molecule has 0 saturated carbocycles. The Morgan fingerprint density at radius 1 is 1.08 bits per heavy atom. The third kappa shape index (κ3) is 3.72. The number of hydrogen-bond donors (Lipinski definition) is 1. The molecule has 0 bridgehead atoms. The maximum Gasteiger partial charge on any atom is 0.294 e. The second kappa shape index (κ2) is 7.82. The number of ether oxygens (including phenoxy) is 3. The van der Waals surface area contributed by atoms with Crippen LogP contribution in [-0.4, -0.2) is 32.5 Å². The molecular weight excluding hydrogens is 314 g/mol. The average Bonchev–Trinajstić information content (AvgIpc) is 2.61. The highest BCUT2D eigenvalue weighted by atomic mass is 16.6. The lowest BCUT2D eigenvalue weighted by Crippen LogP contribution is -1.98. The molecule has 0 amide bonds. The van der Waals surface area contributed by atoms with E-state index in [1.165, 1.54) is 33.6 Å². The van der Waals surface area contributed by atoms with Crippen LogP contribution in [0.15, 0.2) is 41.5 Å². The van der Waals surface area contributed by atoms with Crippen LogP contribution in [0, 0.1) is 10.1 Å². The molecule has 0 heterocycles. The lowest BCUT2D eigenvalue weighted by Gasteiger charge is -2.12. The molecule has 0 aliphatic heterocycles. The molecule has 0 unspecified atom stereocenters. The van der Waals surface area contributed by atoms with Crippen molar-refractivity contribution in [3.05, 3.63) is 52.1 Å². The van der Waals surface area contributed by atoms with E-state index in [4.69, 9.17) is 14.2 Å². The number of benzene rings is 2. The van der Waals surface area contributed by atoms with Gasteiger partial charge in [0.05, 0.1) is 32.5 Å². The van der Waals surface area contributed by atoms with Crippen molar-refractivity contribution in [2.75, 3.05) is 26.8 Å². The molecule has 0 spiro atoms. The maximum atomic E-state index is 11.0. The lowest BCUT2D eigenvalue weighted by molar-refractivity contribution is -0.384. The number of hydrazone groups is 1. The Bertz CT molecular complexity index is 736. The zero-order valence-electron chi connectivity index (χ0n) is 13.5. The van der Waals surface area contributed by atoms with Crippen LogP contribution in [-0.2, 0) is 0 Å². The fourth-order valence-electron chi connectivity index (χ4n) is 2.08. The molecule has 2 aromatic rings. The summed E-state index contributed by atoms with van der Waals surface area (Å²) in [5.41, 5.74) is 3.58. The molecule has 2 rings (SSSR count). The van der Waals surface area contributed by atoms with Crippen LogP contribution in [0.4, 0.5) is 11.4 Å². The van der Waals surface area contributed by atoms with Gasteiger partial charge in [-0.05, 0) is 18.2 Å². The second-order valence-corrected chi connectivity index (χ2v) is 4.60. The predicted molar refractivity (Wildman–Crippen MR) is 90.4 cm³/mol. The number of anilines is 1. The van der Waals surface area contributed by atoms with Gasteiger partial charge in [-0.25, -0.2) is 0 Å². The number of nitro benzene ring substituents is 1. The van der Waals surface area contributed by atoms with Crippen LogP contribution < -0.4 is 19.6 Å². The summed E-state index contributed by atoms with van der Waals surface area (Å²) in [6.45, 7) is 0. The van der Waals surface area contributed by atoms with Gasteiger partial charge in [0.1, 0.15) is 5.69 Å². The van der Waals surface area contributed by atoms with Crippen LogP contribution in [0.2, 0.25) is 0 Å². The van der Waals surface area contributed by atoms with E-state index in [1.54, 1.807) is 30.3 Å². The number of nitro groups is 1. The largest absolute Gasteiger partial charge is 0.493 e. The number of nitrogens with zero attached hydrogens (tertiary/aromatic N) is 2. The van der Waals surface area contributed by atoms with E-state index in [2.05, 4.69) is 10.5 Å².